The molecule has 1 heterocycles. The molecule has 0 fully saturated rings. The highest BCUT2D eigenvalue weighted by molar-refractivity contribution is 5.76. The van der Waals surface area contributed by atoms with E-state index in [0.717, 1.165) is 24.2 Å². The zero-order chi connectivity index (χ0) is 16.7. The van der Waals surface area contributed by atoms with E-state index in [1.807, 2.05) is 31.2 Å². The summed E-state index contributed by atoms with van der Waals surface area (Å²) in [6.07, 6.45) is 2.80. The standard InChI is InChI=1S/C17H23N3O3/c1-4-6-12(2)18-15(21)9-10-16-19-17(20-23-16)13-7-5-8-14(11-13)22-3/h5,7-8,11-12H,4,6,9-10H2,1-3H3,(H,18,21)/t12-/m1/s1. The SMILES string of the molecule is CCC[C@@H](C)NC(=O)CCc1nc(-c2cccc(OC)c2)no1. The van der Waals surface area contributed by atoms with Crippen LogP contribution in [-0.4, -0.2) is 29.2 Å². The van der Waals surface area contributed by atoms with Crippen molar-refractivity contribution in [3.8, 4) is 17.1 Å². The van der Waals surface area contributed by atoms with E-state index in [2.05, 4.69) is 22.4 Å². The van der Waals surface area contributed by atoms with E-state index in [0.29, 0.717) is 24.6 Å². The maximum Gasteiger partial charge on any atom is 0.227 e. The molecule has 0 aliphatic heterocycles. The van der Waals surface area contributed by atoms with Crippen molar-refractivity contribution >= 4 is 5.91 Å². The molecule has 124 valence electrons. The molecule has 1 amide bonds. The molecule has 0 radical (unpaired) electrons. The third-order valence-electron chi connectivity index (χ3n) is 3.49. The number of nitrogens with one attached hydrogen (secondary N) is 1. The summed E-state index contributed by atoms with van der Waals surface area (Å²) in [6, 6.07) is 7.64. The zero-order valence-electron chi connectivity index (χ0n) is 13.8. The number of ether oxygens (including phenoxy) is 1. The molecule has 0 aliphatic rings. The summed E-state index contributed by atoms with van der Waals surface area (Å²) < 4.78 is 10.4. The summed E-state index contributed by atoms with van der Waals surface area (Å²) >= 11 is 0. The minimum absolute atomic E-state index is 0.00656. The topological polar surface area (TPSA) is 77.2 Å². The predicted molar refractivity (Wildman–Crippen MR) is 87.1 cm³/mol. The summed E-state index contributed by atoms with van der Waals surface area (Å²) in [5.74, 6) is 1.70. The second-order valence-corrected chi connectivity index (χ2v) is 5.50. The van der Waals surface area contributed by atoms with Gasteiger partial charge >= 0.3 is 0 Å². The third-order valence-corrected chi connectivity index (χ3v) is 3.49. The molecule has 6 nitrogen and oxygen atoms in total. The Hall–Kier alpha value is -2.37. The van der Waals surface area contributed by atoms with Crippen LogP contribution >= 0.6 is 0 Å². The molecule has 0 spiro atoms. The Morgan fingerprint density at radius 2 is 2.26 bits per heavy atom. The molecular weight excluding hydrogens is 294 g/mol. The Bertz CT molecular complexity index is 640. The molecule has 23 heavy (non-hydrogen) atoms. The lowest BCUT2D eigenvalue weighted by atomic mass is 10.2. The lowest BCUT2D eigenvalue weighted by Crippen LogP contribution is -2.32. The second kappa shape index (κ2) is 8.31. The fraction of sp³-hybridized carbons (Fsp3) is 0.471. The Morgan fingerprint density at radius 3 is 3.00 bits per heavy atom. The molecule has 1 aromatic heterocycles. The lowest BCUT2D eigenvalue weighted by Gasteiger charge is -2.11. The van der Waals surface area contributed by atoms with E-state index < -0.39 is 0 Å². The van der Waals surface area contributed by atoms with E-state index in [4.69, 9.17) is 9.26 Å². The van der Waals surface area contributed by atoms with Gasteiger partial charge in [0.25, 0.3) is 0 Å². The van der Waals surface area contributed by atoms with Crippen LogP contribution in [0.3, 0.4) is 0 Å². The smallest absolute Gasteiger partial charge is 0.227 e. The molecule has 1 atom stereocenters. The van der Waals surface area contributed by atoms with Gasteiger partial charge in [-0.1, -0.05) is 30.6 Å². The Balaban J connectivity index is 1.91. The molecule has 2 rings (SSSR count). The normalized spacial score (nSPS) is 12.0. The predicted octanol–water partition coefficient (Wildman–Crippen LogP) is 2.98. The fourth-order valence-electron chi connectivity index (χ4n) is 2.31. The molecule has 0 saturated carbocycles. The van der Waals surface area contributed by atoms with E-state index in [1.165, 1.54) is 0 Å². The van der Waals surface area contributed by atoms with Crippen molar-refractivity contribution in [3.63, 3.8) is 0 Å². The molecular formula is C17H23N3O3. The van der Waals surface area contributed by atoms with Crippen LogP contribution in [0.15, 0.2) is 28.8 Å². The van der Waals surface area contributed by atoms with Crippen LogP contribution in [0.1, 0.15) is 39.0 Å². The van der Waals surface area contributed by atoms with Crippen LogP contribution in [0.2, 0.25) is 0 Å². The third kappa shape index (κ3) is 5.09. The number of hydrogen-bond acceptors (Lipinski definition) is 5. The van der Waals surface area contributed by atoms with Gasteiger partial charge in [-0.05, 0) is 25.5 Å². The molecule has 0 unspecified atom stereocenters. The first-order valence-electron chi connectivity index (χ1n) is 7.88. The number of carbonyl (C=O) groups excluding carboxylic acids is 1. The van der Waals surface area contributed by atoms with Gasteiger partial charge in [0.1, 0.15) is 5.75 Å². The van der Waals surface area contributed by atoms with Gasteiger partial charge in [0.15, 0.2) is 0 Å². The van der Waals surface area contributed by atoms with E-state index >= 15 is 0 Å². The van der Waals surface area contributed by atoms with Crippen LogP contribution in [0.5, 0.6) is 5.75 Å². The maximum absolute atomic E-state index is 11.8. The van der Waals surface area contributed by atoms with Gasteiger partial charge in [-0.25, -0.2) is 0 Å². The van der Waals surface area contributed by atoms with Crippen LogP contribution < -0.4 is 10.1 Å². The molecule has 1 aromatic carbocycles. The molecule has 0 bridgehead atoms. The van der Waals surface area contributed by atoms with Crippen molar-refractivity contribution in [1.29, 1.82) is 0 Å². The minimum Gasteiger partial charge on any atom is -0.497 e. The lowest BCUT2D eigenvalue weighted by molar-refractivity contribution is -0.121. The quantitative estimate of drug-likeness (QED) is 0.810. The largest absolute Gasteiger partial charge is 0.497 e. The minimum atomic E-state index is 0.00656. The number of benzene rings is 1. The first kappa shape index (κ1) is 17.0. The average Bonchev–Trinajstić information content (AvgIpc) is 3.02. The van der Waals surface area contributed by atoms with Gasteiger partial charge in [0, 0.05) is 24.4 Å². The van der Waals surface area contributed by atoms with Gasteiger partial charge in [-0.3, -0.25) is 4.79 Å². The summed E-state index contributed by atoms with van der Waals surface area (Å²) in [5, 5.41) is 6.92. The van der Waals surface area contributed by atoms with Gasteiger partial charge in [0.05, 0.1) is 7.11 Å². The molecule has 1 N–H and O–H groups in total. The Kier molecular flexibility index (Phi) is 6.14. The highest BCUT2D eigenvalue weighted by atomic mass is 16.5. The van der Waals surface area contributed by atoms with Gasteiger partial charge in [-0.15, -0.1) is 0 Å². The monoisotopic (exact) mass is 317 g/mol. The first-order valence-corrected chi connectivity index (χ1v) is 7.88. The number of methoxy groups -OCH3 is 1. The average molecular weight is 317 g/mol. The van der Waals surface area contributed by atoms with E-state index in [1.54, 1.807) is 7.11 Å². The first-order chi connectivity index (χ1) is 11.1. The van der Waals surface area contributed by atoms with Crippen molar-refractivity contribution < 1.29 is 14.1 Å². The molecule has 2 aromatic rings. The van der Waals surface area contributed by atoms with Crippen molar-refractivity contribution in [1.82, 2.24) is 15.5 Å². The fourth-order valence-corrected chi connectivity index (χ4v) is 2.31. The summed E-state index contributed by atoms with van der Waals surface area (Å²) in [7, 11) is 1.61. The van der Waals surface area contributed by atoms with Gasteiger partial charge in [0.2, 0.25) is 17.6 Å². The molecule has 6 heteroatoms. The van der Waals surface area contributed by atoms with Gasteiger partial charge in [-0.2, -0.15) is 4.98 Å². The summed E-state index contributed by atoms with van der Waals surface area (Å²) in [6.45, 7) is 4.11. The summed E-state index contributed by atoms with van der Waals surface area (Å²) in [5.41, 5.74) is 0.820. The van der Waals surface area contributed by atoms with Crippen LogP contribution in [0.4, 0.5) is 0 Å². The second-order valence-electron chi connectivity index (χ2n) is 5.50. The number of carbonyl (C=O) groups is 1. The van der Waals surface area contributed by atoms with E-state index in [-0.39, 0.29) is 11.9 Å². The number of aryl methyl sites for hydroxylation is 1. The number of nitrogens with zero attached hydrogens (tertiary/aromatic N) is 2. The number of rotatable bonds is 8. The highest BCUT2D eigenvalue weighted by Gasteiger charge is 2.12. The van der Waals surface area contributed by atoms with Crippen molar-refractivity contribution in [2.45, 2.75) is 45.6 Å². The number of aromatic nitrogens is 2. The Morgan fingerprint density at radius 1 is 1.43 bits per heavy atom. The highest BCUT2D eigenvalue weighted by Crippen LogP contribution is 2.21. The summed E-state index contributed by atoms with van der Waals surface area (Å²) in [4.78, 5) is 16.2. The van der Waals surface area contributed by atoms with Crippen LogP contribution in [0.25, 0.3) is 11.4 Å². The van der Waals surface area contributed by atoms with Crippen LogP contribution in [0, 0.1) is 0 Å². The maximum atomic E-state index is 11.8. The van der Waals surface area contributed by atoms with Gasteiger partial charge < -0.3 is 14.6 Å². The number of amides is 1. The van der Waals surface area contributed by atoms with Crippen molar-refractivity contribution in [2.75, 3.05) is 7.11 Å². The van der Waals surface area contributed by atoms with E-state index in [9.17, 15) is 4.79 Å². The van der Waals surface area contributed by atoms with Crippen molar-refractivity contribution in [2.24, 2.45) is 0 Å². The molecule has 0 aliphatic carbocycles. The van der Waals surface area contributed by atoms with Crippen LogP contribution in [-0.2, 0) is 11.2 Å². The number of hydrogen-bond donors (Lipinski definition) is 1. The Labute approximate surface area is 136 Å². The molecule has 0 saturated heterocycles. The zero-order valence-corrected chi connectivity index (χ0v) is 13.8. The van der Waals surface area contributed by atoms with Crippen molar-refractivity contribution in [3.05, 3.63) is 30.2 Å².